The summed E-state index contributed by atoms with van der Waals surface area (Å²) in [6.45, 7) is 5.47. The van der Waals surface area contributed by atoms with E-state index >= 15 is 0 Å². The lowest BCUT2D eigenvalue weighted by atomic mass is 10.1. The molecule has 5 nitrogen and oxygen atoms in total. The topological polar surface area (TPSA) is 71.2 Å². The van der Waals surface area contributed by atoms with Gasteiger partial charge >= 0.3 is 0 Å². The minimum atomic E-state index is -0.326. The fourth-order valence-corrected chi connectivity index (χ4v) is 3.37. The Morgan fingerprint density at radius 3 is 2.58 bits per heavy atom. The minimum Gasteiger partial charge on any atom is -0.482 e. The first-order chi connectivity index (χ1) is 11.3. The van der Waals surface area contributed by atoms with Crippen LogP contribution in [0.5, 0.6) is 5.75 Å². The van der Waals surface area contributed by atoms with Gasteiger partial charge in [-0.15, -0.1) is 0 Å². The highest BCUT2D eigenvalue weighted by Gasteiger charge is 2.11. The fraction of sp³-hybridized carbons (Fsp3) is 0.294. The monoisotopic (exact) mass is 412 g/mol. The summed E-state index contributed by atoms with van der Waals surface area (Å²) in [7, 11) is 0. The third kappa shape index (κ3) is 4.61. The zero-order valence-electron chi connectivity index (χ0n) is 13.6. The summed E-state index contributed by atoms with van der Waals surface area (Å²) >= 11 is 9.46. The summed E-state index contributed by atoms with van der Waals surface area (Å²) in [5, 5.41) is 3.12. The smallest absolute Gasteiger partial charge is 0.258 e. The molecule has 2 N–H and O–H groups in total. The van der Waals surface area contributed by atoms with Crippen molar-refractivity contribution in [2.24, 2.45) is 0 Å². The Balaban J connectivity index is 1.97. The number of halogens is 2. The molecule has 0 aliphatic carbocycles. The summed E-state index contributed by atoms with van der Waals surface area (Å²) in [4.78, 5) is 26.6. The van der Waals surface area contributed by atoms with Crippen LogP contribution in [0.15, 0.2) is 27.5 Å². The first-order valence-electron chi connectivity index (χ1n) is 7.32. The molecule has 0 saturated heterocycles. The molecule has 0 aliphatic rings. The second kappa shape index (κ2) is 7.85. The quantitative estimate of drug-likeness (QED) is 0.789. The van der Waals surface area contributed by atoms with Crippen LogP contribution in [0.1, 0.15) is 22.4 Å². The summed E-state index contributed by atoms with van der Waals surface area (Å²) in [5.74, 6) is 0.146. The standard InChI is InChI=1S/C17H18BrClN2O3/c1-9-4-11(3)21-17(23)13(9)7-20-15(22)8-24-16-10(2)5-12(18)6-14(16)19/h4-6H,7-8H2,1-3H3,(H,20,22)(H,21,23). The van der Waals surface area contributed by atoms with Crippen LogP contribution in [0.25, 0.3) is 0 Å². The molecule has 0 aliphatic heterocycles. The number of aryl methyl sites for hydroxylation is 3. The van der Waals surface area contributed by atoms with Gasteiger partial charge in [0, 0.05) is 22.3 Å². The predicted molar refractivity (Wildman–Crippen MR) is 97.8 cm³/mol. The molecule has 0 radical (unpaired) electrons. The van der Waals surface area contributed by atoms with Crippen LogP contribution >= 0.6 is 27.5 Å². The molecule has 0 spiro atoms. The lowest BCUT2D eigenvalue weighted by molar-refractivity contribution is -0.123. The Bertz CT molecular complexity index is 810. The average Bonchev–Trinajstić information content (AvgIpc) is 2.44. The maximum atomic E-state index is 12.0. The molecule has 0 saturated carbocycles. The summed E-state index contributed by atoms with van der Waals surface area (Å²) in [6, 6.07) is 5.43. The van der Waals surface area contributed by atoms with E-state index in [0.29, 0.717) is 16.3 Å². The number of aromatic amines is 1. The minimum absolute atomic E-state index is 0.149. The van der Waals surface area contributed by atoms with Crippen LogP contribution in [0.3, 0.4) is 0 Å². The third-order valence-corrected chi connectivity index (χ3v) is 4.24. The van der Waals surface area contributed by atoms with Gasteiger partial charge in [-0.25, -0.2) is 0 Å². The van der Waals surface area contributed by atoms with Gasteiger partial charge in [-0.05, 0) is 50.1 Å². The summed E-state index contributed by atoms with van der Waals surface area (Å²) in [5.41, 5.74) is 2.79. The molecule has 0 bridgehead atoms. The Kier molecular flexibility index (Phi) is 6.07. The van der Waals surface area contributed by atoms with Crippen LogP contribution in [0.4, 0.5) is 0 Å². The maximum Gasteiger partial charge on any atom is 0.258 e. The van der Waals surface area contributed by atoms with E-state index < -0.39 is 0 Å². The van der Waals surface area contributed by atoms with Crippen LogP contribution in [0, 0.1) is 20.8 Å². The number of ether oxygens (including phenoxy) is 1. The van der Waals surface area contributed by atoms with Crippen molar-refractivity contribution in [3.63, 3.8) is 0 Å². The Morgan fingerprint density at radius 2 is 1.96 bits per heavy atom. The lowest BCUT2D eigenvalue weighted by Gasteiger charge is -2.12. The number of hydrogen-bond donors (Lipinski definition) is 2. The molecule has 1 heterocycles. The highest BCUT2D eigenvalue weighted by atomic mass is 79.9. The average molecular weight is 414 g/mol. The van der Waals surface area contributed by atoms with E-state index in [9.17, 15) is 9.59 Å². The molecule has 2 aromatic rings. The van der Waals surface area contributed by atoms with E-state index in [1.807, 2.05) is 32.9 Å². The molecule has 0 unspecified atom stereocenters. The van der Waals surface area contributed by atoms with Gasteiger partial charge < -0.3 is 15.0 Å². The lowest BCUT2D eigenvalue weighted by Crippen LogP contribution is -2.31. The molecule has 2 rings (SSSR count). The number of hydrogen-bond acceptors (Lipinski definition) is 3. The van der Waals surface area contributed by atoms with E-state index in [2.05, 4.69) is 26.2 Å². The maximum absolute atomic E-state index is 12.0. The molecular formula is C17H18BrClN2O3. The number of rotatable bonds is 5. The van der Waals surface area contributed by atoms with Gasteiger partial charge in [0.25, 0.3) is 11.5 Å². The van der Waals surface area contributed by atoms with Crippen LogP contribution in [0.2, 0.25) is 5.02 Å². The SMILES string of the molecule is Cc1cc(C)c(CNC(=O)COc2c(C)cc(Br)cc2Cl)c(=O)[nH]1. The molecule has 128 valence electrons. The number of nitrogens with one attached hydrogen (secondary N) is 2. The summed E-state index contributed by atoms with van der Waals surface area (Å²) in [6.07, 6.45) is 0. The molecule has 1 amide bonds. The van der Waals surface area contributed by atoms with Crippen molar-refractivity contribution in [1.82, 2.24) is 10.3 Å². The number of aromatic nitrogens is 1. The van der Waals surface area contributed by atoms with Crippen molar-refractivity contribution in [2.75, 3.05) is 6.61 Å². The number of H-pyrrole nitrogens is 1. The number of carbonyl (C=O) groups excluding carboxylic acids is 1. The van der Waals surface area contributed by atoms with Gasteiger partial charge in [0.2, 0.25) is 0 Å². The Labute approximate surface area is 153 Å². The van der Waals surface area contributed by atoms with Gasteiger partial charge in [-0.3, -0.25) is 9.59 Å². The molecule has 24 heavy (non-hydrogen) atoms. The highest BCUT2D eigenvalue weighted by molar-refractivity contribution is 9.10. The molecule has 0 fully saturated rings. The summed E-state index contributed by atoms with van der Waals surface area (Å²) < 4.78 is 6.35. The van der Waals surface area contributed by atoms with E-state index in [0.717, 1.165) is 21.3 Å². The Morgan fingerprint density at radius 1 is 1.25 bits per heavy atom. The first-order valence-corrected chi connectivity index (χ1v) is 8.49. The van der Waals surface area contributed by atoms with Crippen LogP contribution < -0.4 is 15.6 Å². The number of amides is 1. The fourth-order valence-electron chi connectivity index (χ4n) is 2.35. The van der Waals surface area contributed by atoms with E-state index in [1.165, 1.54) is 0 Å². The van der Waals surface area contributed by atoms with Gasteiger partial charge in [-0.2, -0.15) is 0 Å². The molecule has 7 heteroatoms. The van der Waals surface area contributed by atoms with Gasteiger partial charge in [-0.1, -0.05) is 27.5 Å². The van der Waals surface area contributed by atoms with Gasteiger partial charge in [0.15, 0.2) is 6.61 Å². The van der Waals surface area contributed by atoms with Crippen molar-refractivity contribution >= 4 is 33.4 Å². The van der Waals surface area contributed by atoms with Crippen molar-refractivity contribution < 1.29 is 9.53 Å². The van der Waals surface area contributed by atoms with Crippen molar-refractivity contribution in [3.8, 4) is 5.75 Å². The zero-order valence-corrected chi connectivity index (χ0v) is 16.0. The largest absolute Gasteiger partial charge is 0.482 e. The molecular weight excluding hydrogens is 396 g/mol. The highest BCUT2D eigenvalue weighted by Crippen LogP contribution is 2.31. The molecule has 0 atom stereocenters. The first kappa shape index (κ1) is 18.5. The van der Waals surface area contributed by atoms with Crippen LogP contribution in [-0.4, -0.2) is 17.5 Å². The van der Waals surface area contributed by atoms with E-state index in [1.54, 1.807) is 6.07 Å². The van der Waals surface area contributed by atoms with Gasteiger partial charge in [0.05, 0.1) is 5.02 Å². The van der Waals surface area contributed by atoms with Gasteiger partial charge in [0.1, 0.15) is 5.75 Å². The van der Waals surface area contributed by atoms with Crippen molar-refractivity contribution in [3.05, 3.63) is 60.4 Å². The molecule has 1 aromatic heterocycles. The van der Waals surface area contributed by atoms with Crippen LogP contribution in [-0.2, 0) is 11.3 Å². The normalized spacial score (nSPS) is 10.5. The second-order valence-corrected chi connectivity index (χ2v) is 6.86. The van der Waals surface area contributed by atoms with Crippen molar-refractivity contribution in [2.45, 2.75) is 27.3 Å². The molecule has 1 aromatic carbocycles. The zero-order chi connectivity index (χ0) is 17.9. The number of carbonyl (C=O) groups is 1. The predicted octanol–water partition coefficient (Wildman–Crippen LogP) is 3.41. The Hall–Kier alpha value is -1.79. The van der Waals surface area contributed by atoms with E-state index in [4.69, 9.17) is 16.3 Å². The van der Waals surface area contributed by atoms with E-state index in [-0.39, 0.29) is 24.6 Å². The second-order valence-electron chi connectivity index (χ2n) is 5.54. The van der Waals surface area contributed by atoms with Crippen molar-refractivity contribution in [1.29, 1.82) is 0 Å². The third-order valence-electron chi connectivity index (χ3n) is 3.50. The number of pyridine rings is 1. The number of benzene rings is 1.